The third-order valence-electron chi connectivity index (χ3n) is 3.37. The molecule has 0 saturated heterocycles. The minimum Gasteiger partial charge on any atom is -0.497 e. The number of rotatable bonds is 5. The molecule has 1 aromatic heterocycles. The van der Waals surface area contributed by atoms with Gasteiger partial charge in [0.05, 0.1) is 31.4 Å². The molecular formula is C14H20N4O. The van der Waals surface area contributed by atoms with Gasteiger partial charge in [-0.05, 0) is 24.3 Å². The summed E-state index contributed by atoms with van der Waals surface area (Å²) in [6.07, 6.45) is 3.65. The molecule has 2 rings (SSSR count). The van der Waals surface area contributed by atoms with Crippen LogP contribution in [0, 0.1) is 0 Å². The zero-order valence-corrected chi connectivity index (χ0v) is 11.6. The second kappa shape index (κ2) is 5.75. The second-order valence-electron chi connectivity index (χ2n) is 4.49. The summed E-state index contributed by atoms with van der Waals surface area (Å²) in [6, 6.07) is 8.04. The van der Waals surface area contributed by atoms with E-state index < -0.39 is 0 Å². The largest absolute Gasteiger partial charge is 0.497 e. The van der Waals surface area contributed by atoms with Crippen molar-refractivity contribution in [3.8, 4) is 5.75 Å². The molecule has 0 saturated carbocycles. The van der Waals surface area contributed by atoms with Crippen molar-refractivity contribution in [1.29, 1.82) is 0 Å². The number of aromatic nitrogens is 2. The van der Waals surface area contributed by atoms with Gasteiger partial charge in [-0.25, -0.2) is 4.98 Å². The number of hydrogen-bond acceptors (Lipinski definition) is 4. The van der Waals surface area contributed by atoms with E-state index in [2.05, 4.69) is 9.88 Å². The highest BCUT2D eigenvalue weighted by atomic mass is 16.5. The summed E-state index contributed by atoms with van der Waals surface area (Å²) in [7, 11) is 5.68. The number of aryl methyl sites for hydroxylation is 1. The molecule has 2 aromatic rings. The Kier molecular flexibility index (Phi) is 4.06. The van der Waals surface area contributed by atoms with Crippen LogP contribution < -0.4 is 15.4 Å². The van der Waals surface area contributed by atoms with Crippen molar-refractivity contribution < 1.29 is 4.74 Å². The van der Waals surface area contributed by atoms with Crippen molar-refractivity contribution in [2.75, 3.05) is 25.6 Å². The molecule has 1 unspecified atom stereocenters. The summed E-state index contributed by atoms with van der Waals surface area (Å²) in [5.41, 5.74) is 8.11. The predicted octanol–water partition coefficient (Wildman–Crippen LogP) is 1.56. The maximum Gasteiger partial charge on any atom is 0.119 e. The minimum absolute atomic E-state index is 0.0981. The fourth-order valence-electron chi connectivity index (χ4n) is 2.16. The number of imidazole rings is 1. The Balaban J connectivity index is 2.25. The molecule has 5 heteroatoms. The molecule has 0 fully saturated rings. The molecule has 0 amide bonds. The van der Waals surface area contributed by atoms with Crippen molar-refractivity contribution in [2.45, 2.75) is 6.04 Å². The number of anilines is 1. The molecule has 1 atom stereocenters. The summed E-state index contributed by atoms with van der Waals surface area (Å²) in [5.74, 6) is 0.849. The normalized spacial score (nSPS) is 12.2. The summed E-state index contributed by atoms with van der Waals surface area (Å²) in [5, 5.41) is 0. The third kappa shape index (κ3) is 2.71. The monoisotopic (exact) mass is 260 g/mol. The standard InChI is InChI=1S/C14H20N4O/c1-17-10-16-9-14(17)13(8-15)18(2)11-4-6-12(19-3)7-5-11/h4-7,9-10,13H,8,15H2,1-3H3. The lowest BCUT2D eigenvalue weighted by Gasteiger charge is -2.29. The number of hydrogen-bond donors (Lipinski definition) is 1. The maximum absolute atomic E-state index is 5.92. The first kappa shape index (κ1) is 13.4. The van der Waals surface area contributed by atoms with Gasteiger partial charge in [0.2, 0.25) is 0 Å². The van der Waals surface area contributed by atoms with E-state index in [9.17, 15) is 0 Å². The van der Waals surface area contributed by atoms with Gasteiger partial charge in [0.1, 0.15) is 5.75 Å². The number of nitrogens with zero attached hydrogens (tertiary/aromatic N) is 3. The molecule has 1 heterocycles. The van der Waals surface area contributed by atoms with Crippen LogP contribution in [0.3, 0.4) is 0 Å². The minimum atomic E-state index is 0.0981. The van der Waals surface area contributed by atoms with Crippen LogP contribution in [-0.2, 0) is 7.05 Å². The Morgan fingerprint density at radius 3 is 2.53 bits per heavy atom. The van der Waals surface area contributed by atoms with Crippen LogP contribution in [0.15, 0.2) is 36.8 Å². The van der Waals surface area contributed by atoms with E-state index in [0.29, 0.717) is 6.54 Å². The quantitative estimate of drug-likeness (QED) is 0.886. The van der Waals surface area contributed by atoms with Gasteiger partial charge in [0.25, 0.3) is 0 Å². The number of ether oxygens (including phenoxy) is 1. The van der Waals surface area contributed by atoms with E-state index in [1.807, 2.05) is 49.1 Å². The smallest absolute Gasteiger partial charge is 0.119 e. The van der Waals surface area contributed by atoms with E-state index in [4.69, 9.17) is 10.5 Å². The predicted molar refractivity (Wildman–Crippen MR) is 76.4 cm³/mol. The van der Waals surface area contributed by atoms with Crippen molar-refractivity contribution in [3.63, 3.8) is 0 Å². The highest BCUT2D eigenvalue weighted by molar-refractivity contribution is 5.50. The Labute approximate surface area is 113 Å². The van der Waals surface area contributed by atoms with E-state index in [1.165, 1.54) is 0 Å². The lowest BCUT2D eigenvalue weighted by Crippen LogP contribution is -2.31. The van der Waals surface area contributed by atoms with Crippen LogP contribution in [0.1, 0.15) is 11.7 Å². The summed E-state index contributed by atoms with van der Waals surface area (Å²) in [6.45, 7) is 0.530. The van der Waals surface area contributed by atoms with E-state index in [0.717, 1.165) is 17.1 Å². The number of likely N-dealkylation sites (N-methyl/N-ethyl adjacent to an activating group) is 1. The first-order valence-corrected chi connectivity index (χ1v) is 6.20. The van der Waals surface area contributed by atoms with Crippen LogP contribution in [0.5, 0.6) is 5.75 Å². The molecule has 1 aromatic carbocycles. The van der Waals surface area contributed by atoms with Crippen LogP contribution >= 0.6 is 0 Å². The molecule has 0 aliphatic heterocycles. The first-order valence-electron chi connectivity index (χ1n) is 6.20. The van der Waals surface area contributed by atoms with E-state index in [-0.39, 0.29) is 6.04 Å². The molecule has 19 heavy (non-hydrogen) atoms. The number of nitrogens with two attached hydrogens (primary N) is 1. The van der Waals surface area contributed by atoms with Crippen molar-refractivity contribution in [3.05, 3.63) is 42.5 Å². The summed E-state index contributed by atoms with van der Waals surface area (Å²) < 4.78 is 7.17. The van der Waals surface area contributed by atoms with Gasteiger partial charge < -0.3 is 19.9 Å². The van der Waals surface area contributed by atoms with Crippen LogP contribution in [0.25, 0.3) is 0 Å². The van der Waals surface area contributed by atoms with Gasteiger partial charge in [0, 0.05) is 26.3 Å². The van der Waals surface area contributed by atoms with E-state index in [1.54, 1.807) is 13.4 Å². The van der Waals surface area contributed by atoms with Crippen LogP contribution in [0.4, 0.5) is 5.69 Å². The van der Waals surface area contributed by atoms with Crippen molar-refractivity contribution in [2.24, 2.45) is 12.8 Å². The van der Waals surface area contributed by atoms with Gasteiger partial charge in [-0.2, -0.15) is 0 Å². The average Bonchev–Trinajstić information content (AvgIpc) is 2.86. The molecule has 0 bridgehead atoms. The fraction of sp³-hybridized carbons (Fsp3) is 0.357. The molecule has 5 nitrogen and oxygen atoms in total. The highest BCUT2D eigenvalue weighted by Crippen LogP contribution is 2.26. The van der Waals surface area contributed by atoms with Gasteiger partial charge in [0.15, 0.2) is 0 Å². The topological polar surface area (TPSA) is 56.3 Å². The molecular weight excluding hydrogens is 240 g/mol. The van der Waals surface area contributed by atoms with Crippen molar-refractivity contribution in [1.82, 2.24) is 9.55 Å². The molecule has 102 valence electrons. The molecule has 2 N–H and O–H groups in total. The third-order valence-corrected chi connectivity index (χ3v) is 3.37. The van der Waals surface area contributed by atoms with Gasteiger partial charge in [-0.3, -0.25) is 0 Å². The van der Waals surface area contributed by atoms with Gasteiger partial charge in [-0.15, -0.1) is 0 Å². The maximum atomic E-state index is 5.92. The summed E-state index contributed by atoms with van der Waals surface area (Å²) in [4.78, 5) is 6.30. The Bertz CT molecular complexity index is 520. The van der Waals surface area contributed by atoms with Gasteiger partial charge in [-0.1, -0.05) is 0 Å². The van der Waals surface area contributed by atoms with Crippen LogP contribution in [-0.4, -0.2) is 30.3 Å². The zero-order chi connectivity index (χ0) is 13.8. The molecule has 0 spiro atoms. The average molecular weight is 260 g/mol. The fourth-order valence-corrected chi connectivity index (χ4v) is 2.16. The highest BCUT2D eigenvalue weighted by Gasteiger charge is 2.18. The number of methoxy groups -OCH3 is 1. The van der Waals surface area contributed by atoms with Crippen LogP contribution in [0.2, 0.25) is 0 Å². The SMILES string of the molecule is COc1ccc(N(C)C(CN)c2cncn2C)cc1. The van der Waals surface area contributed by atoms with Crippen molar-refractivity contribution >= 4 is 5.69 Å². The lowest BCUT2D eigenvalue weighted by molar-refractivity contribution is 0.415. The lowest BCUT2D eigenvalue weighted by atomic mass is 10.1. The molecule has 0 aliphatic rings. The zero-order valence-electron chi connectivity index (χ0n) is 11.6. The molecule has 0 radical (unpaired) electrons. The van der Waals surface area contributed by atoms with E-state index >= 15 is 0 Å². The summed E-state index contributed by atoms with van der Waals surface area (Å²) >= 11 is 0. The Hall–Kier alpha value is -2.01. The Morgan fingerprint density at radius 1 is 1.37 bits per heavy atom. The number of benzene rings is 1. The Morgan fingerprint density at radius 2 is 2.05 bits per heavy atom. The van der Waals surface area contributed by atoms with Gasteiger partial charge >= 0.3 is 0 Å². The first-order chi connectivity index (χ1) is 9.17. The molecule has 0 aliphatic carbocycles. The second-order valence-corrected chi connectivity index (χ2v) is 4.49.